The molecule has 3 rings (SSSR count). The molecule has 1 saturated carbocycles. The SMILES string of the molecule is CCOC1(C(=O)Nc2ccc(OCCN3CCC[C@@H](C)C3)cc2)CCCC1. The van der Waals surface area contributed by atoms with Gasteiger partial charge in [0, 0.05) is 25.4 Å². The van der Waals surface area contributed by atoms with Crippen LogP contribution in [0.4, 0.5) is 5.69 Å². The van der Waals surface area contributed by atoms with E-state index in [-0.39, 0.29) is 5.91 Å². The fraction of sp³-hybridized carbons (Fsp3) is 0.682. The number of likely N-dealkylation sites (tertiary alicyclic amines) is 1. The number of hydrogen-bond donors (Lipinski definition) is 1. The molecule has 0 radical (unpaired) electrons. The summed E-state index contributed by atoms with van der Waals surface area (Å²) in [7, 11) is 0. The van der Waals surface area contributed by atoms with Crippen LogP contribution in [0, 0.1) is 5.92 Å². The van der Waals surface area contributed by atoms with Gasteiger partial charge < -0.3 is 14.8 Å². The van der Waals surface area contributed by atoms with E-state index in [1.165, 1.54) is 25.9 Å². The first-order valence-corrected chi connectivity index (χ1v) is 10.5. The molecule has 2 aliphatic rings. The van der Waals surface area contributed by atoms with Crippen molar-refractivity contribution in [3.8, 4) is 5.75 Å². The van der Waals surface area contributed by atoms with Gasteiger partial charge >= 0.3 is 0 Å². The minimum atomic E-state index is -0.643. The molecule has 5 nitrogen and oxygen atoms in total. The van der Waals surface area contributed by atoms with Gasteiger partial charge in [-0.2, -0.15) is 0 Å². The van der Waals surface area contributed by atoms with Gasteiger partial charge in [0.1, 0.15) is 18.0 Å². The van der Waals surface area contributed by atoms with Gasteiger partial charge in [-0.3, -0.25) is 9.69 Å². The Morgan fingerprint density at radius 1 is 1.22 bits per heavy atom. The topological polar surface area (TPSA) is 50.8 Å². The van der Waals surface area contributed by atoms with Crippen LogP contribution in [0.5, 0.6) is 5.75 Å². The summed E-state index contributed by atoms with van der Waals surface area (Å²) in [6.07, 6.45) is 6.35. The Morgan fingerprint density at radius 2 is 1.96 bits per heavy atom. The lowest BCUT2D eigenvalue weighted by atomic mass is 10.0. The summed E-state index contributed by atoms with van der Waals surface area (Å²) in [6.45, 7) is 8.86. The van der Waals surface area contributed by atoms with Crippen molar-refractivity contribution in [2.24, 2.45) is 5.92 Å². The summed E-state index contributed by atoms with van der Waals surface area (Å²) in [6, 6.07) is 7.67. The van der Waals surface area contributed by atoms with Gasteiger partial charge in [-0.05, 0) is 82.2 Å². The van der Waals surface area contributed by atoms with E-state index in [1.54, 1.807) is 0 Å². The standard InChI is InChI=1S/C22H34N2O3/c1-3-27-22(12-4-5-13-22)21(25)23-19-8-10-20(11-9-19)26-16-15-24-14-6-7-18(2)17-24/h8-11,18H,3-7,12-17H2,1-2H3,(H,23,25)/t18-/m1/s1. The second-order valence-corrected chi connectivity index (χ2v) is 8.01. The lowest BCUT2D eigenvalue weighted by Crippen LogP contribution is -2.43. The Kier molecular flexibility index (Phi) is 7.13. The Hall–Kier alpha value is -1.59. The minimum absolute atomic E-state index is 0.0188. The molecular weight excluding hydrogens is 340 g/mol. The van der Waals surface area contributed by atoms with Crippen LogP contribution in [0.3, 0.4) is 0 Å². The molecule has 1 aromatic carbocycles. The highest BCUT2D eigenvalue weighted by molar-refractivity contribution is 5.97. The van der Waals surface area contributed by atoms with Crippen LogP contribution < -0.4 is 10.1 Å². The van der Waals surface area contributed by atoms with Crippen LogP contribution in [-0.2, 0) is 9.53 Å². The van der Waals surface area contributed by atoms with Crippen molar-refractivity contribution in [3.05, 3.63) is 24.3 Å². The van der Waals surface area contributed by atoms with Crippen LogP contribution in [0.15, 0.2) is 24.3 Å². The molecule has 0 bridgehead atoms. The van der Waals surface area contributed by atoms with Gasteiger partial charge in [0.2, 0.25) is 0 Å². The lowest BCUT2D eigenvalue weighted by molar-refractivity contribution is -0.140. The van der Waals surface area contributed by atoms with Crippen molar-refractivity contribution in [2.45, 2.75) is 58.0 Å². The number of amides is 1. The van der Waals surface area contributed by atoms with E-state index in [4.69, 9.17) is 9.47 Å². The van der Waals surface area contributed by atoms with Gasteiger partial charge in [0.15, 0.2) is 0 Å². The van der Waals surface area contributed by atoms with Gasteiger partial charge in [-0.1, -0.05) is 6.92 Å². The van der Waals surface area contributed by atoms with Gasteiger partial charge in [-0.25, -0.2) is 0 Å². The molecule has 2 fully saturated rings. The molecule has 1 aliphatic heterocycles. The predicted octanol–water partition coefficient (Wildman–Crippen LogP) is 4.09. The Labute approximate surface area is 163 Å². The quantitative estimate of drug-likeness (QED) is 0.745. The summed E-state index contributed by atoms with van der Waals surface area (Å²) in [5.74, 6) is 1.62. The highest BCUT2D eigenvalue weighted by Crippen LogP contribution is 2.34. The fourth-order valence-corrected chi connectivity index (χ4v) is 4.32. The molecule has 1 amide bonds. The molecular formula is C22H34N2O3. The van der Waals surface area contributed by atoms with Crippen LogP contribution in [0.25, 0.3) is 0 Å². The van der Waals surface area contributed by atoms with Crippen LogP contribution in [-0.4, -0.2) is 49.3 Å². The average Bonchev–Trinajstić information content (AvgIpc) is 3.14. The minimum Gasteiger partial charge on any atom is -0.492 e. The Bertz CT molecular complexity index is 596. The first kappa shape index (κ1) is 20.2. The lowest BCUT2D eigenvalue weighted by Gasteiger charge is -2.30. The molecule has 150 valence electrons. The van der Waals surface area contributed by atoms with Gasteiger partial charge in [-0.15, -0.1) is 0 Å². The third kappa shape index (κ3) is 5.45. The van der Waals surface area contributed by atoms with Crippen molar-refractivity contribution in [3.63, 3.8) is 0 Å². The summed E-state index contributed by atoms with van der Waals surface area (Å²) < 4.78 is 11.7. The summed E-state index contributed by atoms with van der Waals surface area (Å²) in [4.78, 5) is 15.2. The highest BCUT2D eigenvalue weighted by Gasteiger charge is 2.41. The number of ether oxygens (including phenoxy) is 2. The van der Waals surface area contributed by atoms with E-state index in [0.29, 0.717) is 13.2 Å². The number of nitrogens with one attached hydrogen (secondary N) is 1. The molecule has 27 heavy (non-hydrogen) atoms. The van der Waals surface area contributed by atoms with E-state index >= 15 is 0 Å². The Morgan fingerprint density at radius 3 is 2.63 bits per heavy atom. The number of benzene rings is 1. The number of hydrogen-bond acceptors (Lipinski definition) is 4. The molecule has 1 N–H and O–H groups in total. The molecule has 1 aromatic rings. The molecule has 1 atom stereocenters. The normalized spacial score (nSPS) is 22.5. The zero-order valence-electron chi connectivity index (χ0n) is 16.8. The zero-order valence-corrected chi connectivity index (χ0v) is 16.8. The van der Waals surface area contributed by atoms with Crippen LogP contribution >= 0.6 is 0 Å². The van der Waals surface area contributed by atoms with Crippen molar-refractivity contribution < 1.29 is 14.3 Å². The second kappa shape index (κ2) is 9.56. The number of carbonyl (C=O) groups excluding carboxylic acids is 1. The molecule has 0 spiro atoms. The van der Waals surface area contributed by atoms with Crippen LogP contribution in [0.1, 0.15) is 52.4 Å². The smallest absolute Gasteiger partial charge is 0.256 e. The van der Waals surface area contributed by atoms with Crippen molar-refractivity contribution in [1.29, 1.82) is 0 Å². The first-order valence-electron chi connectivity index (χ1n) is 10.5. The number of anilines is 1. The summed E-state index contributed by atoms with van der Waals surface area (Å²) in [5, 5.41) is 3.02. The largest absolute Gasteiger partial charge is 0.492 e. The van der Waals surface area contributed by atoms with Crippen LogP contribution in [0.2, 0.25) is 0 Å². The molecule has 5 heteroatoms. The maximum absolute atomic E-state index is 12.7. The summed E-state index contributed by atoms with van der Waals surface area (Å²) >= 11 is 0. The van der Waals surface area contributed by atoms with Crippen molar-refractivity contribution in [1.82, 2.24) is 4.90 Å². The maximum Gasteiger partial charge on any atom is 0.256 e. The molecule has 1 saturated heterocycles. The average molecular weight is 375 g/mol. The number of rotatable bonds is 8. The highest BCUT2D eigenvalue weighted by atomic mass is 16.5. The first-order chi connectivity index (χ1) is 13.1. The van der Waals surface area contributed by atoms with Gasteiger partial charge in [0.25, 0.3) is 5.91 Å². The van der Waals surface area contributed by atoms with E-state index in [2.05, 4.69) is 17.1 Å². The molecule has 1 aliphatic carbocycles. The van der Waals surface area contributed by atoms with E-state index in [9.17, 15) is 4.79 Å². The van der Waals surface area contributed by atoms with E-state index < -0.39 is 5.60 Å². The maximum atomic E-state index is 12.7. The van der Waals surface area contributed by atoms with Crippen molar-refractivity contribution in [2.75, 3.05) is 38.2 Å². The molecule has 1 heterocycles. The van der Waals surface area contributed by atoms with Gasteiger partial charge in [0.05, 0.1) is 0 Å². The predicted molar refractivity (Wildman–Crippen MR) is 108 cm³/mol. The van der Waals surface area contributed by atoms with Crippen molar-refractivity contribution >= 4 is 11.6 Å². The molecule has 0 unspecified atom stereocenters. The number of nitrogens with zero attached hydrogens (tertiary/aromatic N) is 1. The van der Waals surface area contributed by atoms with E-state index in [1.807, 2.05) is 31.2 Å². The van der Waals surface area contributed by atoms with E-state index in [0.717, 1.165) is 49.6 Å². The fourth-order valence-electron chi connectivity index (χ4n) is 4.32. The number of carbonyl (C=O) groups is 1. The third-order valence-electron chi connectivity index (χ3n) is 5.78. The molecule has 0 aromatic heterocycles. The third-order valence-corrected chi connectivity index (χ3v) is 5.78. The zero-order chi connectivity index (χ0) is 19.1. The second-order valence-electron chi connectivity index (χ2n) is 8.01. The summed E-state index contributed by atoms with van der Waals surface area (Å²) in [5.41, 5.74) is 0.151. The monoisotopic (exact) mass is 374 g/mol. The number of piperidine rings is 1. The Balaban J connectivity index is 1.46.